The zero-order chi connectivity index (χ0) is 37.5. The normalized spacial score (nSPS) is 47.5. The van der Waals surface area contributed by atoms with E-state index in [0.717, 1.165) is 83.5 Å². The number of amides is 3. The summed E-state index contributed by atoms with van der Waals surface area (Å²) in [6.07, 6.45) is 13.5. The van der Waals surface area contributed by atoms with E-state index in [0.29, 0.717) is 48.3 Å². The number of hydrogen-bond donors (Lipinski definition) is 4. The summed E-state index contributed by atoms with van der Waals surface area (Å²) >= 11 is 0. The fourth-order valence-corrected chi connectivity index (χ4v) is 14.5. The van der Waals surface area contributed by atoms with E-state index >= 15 is 0 Å². The van der Waals surface area contributed by atoms with Crippen molar-refractivity contribution < 1.29 is 34.8 Å². The van der Waals surface area contributed by atoms with Crippen LogP contribution in [0.25, 0.3) is 0 Å². The summed E-state index contributed by atoms with van der Waals surface area (Å²) in [5, 5.41) is 44.0. The number of alkyl carbamates (subject to hydrolysis) is 1. The Labute approximate surface area is 318 Å². The molecule has 2 aliphatic heterocycles. The molecule has 8 bridgehead atoms. The molecule has 12 aliphatic rings. The molecule has 12 atom stereocenters. The average molecular weight is 749 g/mol. The van der Waals surface area contributed by atoms with Gasteiger partial charge in [-0.15, -0.1) is 0 Å². The fourth-order valence-electron chi connectivity index (χ4n) is 14.5. The van der Waals surface area contributed by atoms with Crippen molar-refractivity contribution in [3.63, 3.8) is 0 Å². The third-order valence-electron chi connectivity index (χ3n) is 15.6. The van der Waals surface area contributed by atoms with E-state index in [2.05, 4.69) is 17.5 Å². The Hall–Kier alpha value is -2.97. The first-order chi connectivity index (χ1) is 24.9. The highest BCUT2D eigenvalue weighted by Crippen LogP contribution is 2.65. The molecular formula is C41H60N6O7. The molecule has 0 spiro atoms. The van der Waals surface area contributed by atoms with E-state index < -0.39 is 46.4 Å². The Balaban J connectivity index is 0.000000155. The van der Waals surface area contributed by atoms with Gasteiger partial charge in [0.25, 0.3) is 0 Å². The number of nitrogens with two attached hydrogens (primary N) is 1. The summed E-state index contributed by atoms with van der Waals surface area (Å²) in [6.45, 7) is 5.41. The lowest BCUT2D eigenvalue weighted by Gasteiger charge is -2.62. The van der Waals surface area contributed by atoms with E-state index in [4.69, 9.17) is 10.5 Å². The monoisotopic (exact) mass is 748 g/mol. The molecular weight excluding hydrogens is 688 g/mol. The highest BCUT2D eigenvalue weighted by molar-refractivity contribution is 5.88. The van der Waals surface area contributed by atoms with Crippen molar-refractivity contribution in [3.05, 3.63) is 0 Å². The van der Waals surface area contributed by atoms with Crippen LogP contribution in [-0.2, 0) is 14.3 Å². The summed E-state index contributed by atoms with van der Waals surface area (Å²) in [6, 6.07) is 2.98. The molecule has 12 rings (SSSR count). The number of nitrogens with zero attached hydrogens (tertiary/aromatic N) is 4. The molecule has 13 heteroatoms. The molecule has 10 saturated carbocycles. The van der Waals surface area contributed by atoms with E-state index in [-0.39, 0.29) is 40.8 Å². The molecule has 13 nitrogen and oxygen atoms in total. The highest BCUT2D eigenvalue weighted by atomic mass is 16.6. The maximum absolute atomic E-state index is 13.9. The van der Waals surface area contributed by atoms with Crippen molar-refractivity contribution in [2.24, 2.45) is 52.1 Å². The minimum absolute atomic E-state index is 0. The first kappa shape index (κ1) is 37.9. The lowest BCUT2D eigenvalue weighted by molar-refractivity contribution is -0.180. The summed E-state index contributed by atoms with van der Waals surface area (Å²) < 4.78 is 5.51. The lowest BCUT2D eigenvalue weighted by atomic mass is 9.46. The number of aliphatic hydroxyl groups is 2. The van der Waals surface area contributed by atoms with Gasteiger partial charge in [0.15, 0.2) is 0 Å². The van der Waals surface area contributed by atoms with Crippen LogP contribution in [-0.4, -0.2) is 96.5 Å². The molecule has 4 unspecified atom stereocenters. The van der Waals surface area contributed by atoms with Gasteiger partial charge in [0.05, 0.1) is 29.4 Å². The maximum Gasteiger partial charge on any atom is 0.408 e. The molecule has 296 valence electrons. The van der Waals surface area contributed by atoms with Crippen LogP contribution in [0.15, 0.2) is 0 Å². The van der Waals surface area contributed by atoms with Gasteiger partial charge in [0, 0.05) is 17.5 Å². The highest BCUT2D eigenvalue weighted by Gasteiger charge is 2.65. The number of likely N-dealkylation sites (tertiary alicyclic amines) is 2. The van der Waals surface area contributed by atoms with Crippen LogP contribution < -0.4 is 11.1 Å². The summed E-state index contributed by atoms with van der Waals surface area (Å²) in [5.74, 6) is 2.61. The zero-order valence-electron chi connectivity index (χ0n) is 32.1. The van der Waals surface area contributed by atoms with Crippen molar-refractivity contribution in [2.75, 3.05) is 0 Å². The molecule has 0 aromatic rings. The van der Waals surface area contributed by atoms with E-state index in [1.807, 2.05) is 0 Å². The summed E-state index contributed by atoms with van der Waals surface area (Å²) in [4.78, 5) is 43.4. The van der Waals surface area contributed by atoms with Crippen molar-refractivity contribution in [1.82, 2.24) is 15.1 Å². The largest absolute Gasteiger partial charge is 0.444 e. The van der Waals surface area contributed by atoms with Crippen molar-refractivity contribution in [3.8, 4) is 12.1 Å². The Kier molecular flexibility index (Phi) is 8.79. The summed E-state index contributed by atoms with van der Waals surface area (Å²) in [5.41, 5.74) is 3.85. The third-order valence-corrected chi connectivity index (χ3v) is 15.6. The number of ether oxygens (including phenoxy) is 1. The van der Waals surface area contributed by atoms with Gasteiger partial charge in [-0.05, 0) is 164 Å². The lowest BCUT2D eigenvalue weighted by Crippen LogP contribution is -2.66. The van der Waals surface area contributed by atoms with Gasteiger partial charge in [0.1, 0.15) is 23.7 Å². The first-order valence-electron chi connectivity index (χ1n) is 20.6. The van der Waals surface area contributed by atoms with Crippen molar-refractivity contribution in [1.29, 1.82) is 10.5 Å². The Bertz CT molecular complexity index is 1640. The third kappa shape index (κ3) is 6.30. The molecule has 0 aromatic heterocycles. The Morgan fingerprint density at radius 2 is 1.15 bits per heavy atom. The van der Waals surface area contributed by atoms with Crippen LogP contribution in [0.4, 0.5) is 4.79 Å². The van der Waals surface area contributed by atoms with Gasteiger partial charge in [0.2, 0.25) is 11.8 Å². The fraction of sp³-hybridized carbons (Fsp3) is 0.878. The molecule has 12 fully saturated rings. The minimum Gasteiger partial charge on any atom is -0.444 e. The second-order valence-electron chi connectivity index (χ2n) is 21.0. The molecule has 2 saturated heterocycles. The van der Waals surface area contributed by atoms with Crippen molar-refractivity contribution in [2.45, 2.75) is 177 Å². The van der Waals surface area contributed by atoms with Crippen LogP contribution >= 0.6 is 0 Å². The minimum atomic E-state index is -0.750. The van der Waals surface area contributed by atoms with Gasteiger partial charge >= 0.3 is 6.09 Å². The second-order valence-corrected chi connectivity index (χ2v) is 21.0. The number of rotatable bonds is 5. The van der Waals surface area contributed by atoms with Crippen LogP contribution in [0.3, 0.4) is 0 Å². The second kappa shape index (κ2) is 12.5. The van der Waals surface area contributed by atoms with Crippen LogP contribution in [0, 0.1) is 69.0 Å². The molecule has 0 radical (unpaired) electrons. The van der Waals surface area contributed by atoms with Gasteiger partial charge in [-0.1, -0.05) is 0 Å². The zero-order valence-corrected chi connectivity index (χ0v) is 32.1. The number of carbonyl (C=O) groups is 3. The predicted molar refractivity (Wildman–Crippen MR) is 194 cm³/mol. The maximum atomic E-state index is 13.9. The standard InChI is InChI=1S/C23H33N3O4.C18H25N3O2.H2O/c1-21(2,3)30-20(28)25-18(19(27)26-16(11-24)5-15-6-17(15)26)22-7-13-4-14(8-22)10-23(29,9-13)12-22;19-8-13-2-12-3-14(12)21(13)16(22)15(20)17-4-10-1-11(5-17)7-18(23,6-10)9-17;/h13-18,29H,4-10,12H2,1-3H3,(H,25,28);10-15,23H,1-7,9,20H2;1H2/t13?,14?,15-,16+,17+,18-,22?,23?;10?,11?,12-,13+,14+,15-,17?,18?;/m11./s1. The molecule has 2 heterocycles. The number of fused-ring (bicyclic) bond motifs is 2. The number of nitrogens with one attached hydrogen (secondary N) is 1. The van der Waals surface area contributed by atoms with Gasteiger partial charge in [-0.25, -0.2) is 4.79 Å². The molecule has 54 heavy (non-hydrogen) atoms. The number of piperidine rings is 2. The predicted octanol–water partition coefficient (Wildman–Crippen LogP) is 3.06. The van der Waals surface area contributed by atoms with Crippen LogP contribution in [0.2, 0.25) is 0 Å². The number of hydrogen-bond acceptors (Lipinski definition) is 9. The van der Waals surface area contributed by atoms with Crippen molar-refractivity contribution >= 4 is 17.9 Å². The van der Waals surface area contributed by atoms with Crippen LogP contribution in [0.5, 0.6) is 0 Å². The molecule has 0 aromatic carbocycles. The van der Waals surface area contributed by atoms with Gasteiger partial charge in [-0.2, -0.15) is 10.5 Å². The molecule has 10 aliphatic carbocycles. The van der Waals surface area contributed by atoms with E-state index in [1.165, 1.54) is 6.42 Å². The Morgan fingerprint density at radius 3 is 1.57 bits per heavy atom. The Morgan fingerprint density at radius 1 is 0.722 bits per heavy atom. The molecule has 3 amide bonds. The quantitative estimate of drug-likeness (QED) is 0.324. The topological polar surface area (TPSA) is 225 Å². The molecule has 7 N–H and O–H groups in total. The van der Waals surface area contributed by atoms with E-state index in [1.54, 1.807) is 30.6 Å². The number of nitriles is 2. The first-order valence-corrected chi connectivity index (χ1v) is 20.6. The number of carbonyl (C=O) groups excluding carboxylic acids is 3. The van der Waals surface area contributed by atoms with Gasteiger partial charge < -0.3 is 41.3 Å². The van der Waals surface area contributed by atoms with E-state index in [9.17, 15) is 35.1 Å². The smallest absolute Gasteiger partial charge is 0.408 e. The van der Waals surface area contributed by atoms with Gasteiger partial charge in [-0.3, -0.25) is 9.59 Å². The van der Waals surface area contributed by atoms with Crippen LogP contribution in [0.1, 0.15) is 124 Å². The summed E-state index contributed by atoms with van der Waals surface area (Å²) in [7, 11) is 0. The average Bonchev–Trinajstić information content (AvgIpc) is 3.92. The SMILES string of the molecule is CC(C)(C)OC(=O)N[C@H](C(=O)N1[C@H](C#N)C[C@@H]2C[C@@H]21)C12CC3CC(CC(O)(C3)C1)C2.N#C[C@@H]1C[C@@H]2C[C@@H]2N1C(=O)[C@@H](N)C12CC3CC(CC(O)(C3)C1)C2.O.